The molecule has 5 heteroatoms. The predicted molar refractivity (Wildman–Crippen MR) is 141 cm³/mol. The summed E-state index contributed by atoms with van der Waals surface area (Å²) in [6.45, 7) is 4.54. The van der Waals surface area contributed by atoms with E-state index in [2.05, 4.69) is 78.4 Å². The number of benzene rings is 4. The summed E-state index contributed by atoms with van der Waals surface area (Å²) in [5, 5.41) is 2.25. The number of aromatic nitrogens is 3. The second-order valence-corrected chi connectivity index (χ2v) is 9.83. The van der Waals surface area contributed by atoms with E-state index in [4.69, 9.17) is 21.0 Å². The van der Waals surface area contributed by atoms with Crippen LogP contribution in [-0.2, 0) is 5.41 Å². The van der Waals surface area contributed by atoms with E-state index in [-0.39, 0.29) is 10.7 Å². The van der Waals surface area contributed by atoms with E-state index in [1.165, 1.54) is 22.3 Å². The first-order valence-corrected chi connectivity index (χ1v) is 11.9. The van der Waals surface area contributed by atoms with Gasteiger partial charge in [-0.15, -0.1) is 0 Å². The van der Waals surface area contributed by atoms with Gasteiger partial charge in [-0.3, -0.25) is 0 Å². The van der Waals surface area contributed by atoms with Crippen LogP contribution in [0.2, 0.25) is 5.28 Å². The van der Waals surface area contributed by atoms with E-state index in [0.717, 1.165) is 33.1 Å². The summed E-state index contributed by atoms with van der Waals surface area (Å²) in [5.41, 5.74) is 8.53. The highest BCUT2D eigenvalue weighted by atomic mass is 35.5. The summed E-state index contributed by atoms with van der Waals surface area (Å²) < 4.78 is 5.97. The van der Waals surface area contributed by atoms with Crippen LogP contribution in [0.15, 0.2) is 89.3 Å². The fraction of sp³-hybridized carbons (Fsp3) is 0.100. The molecule has 0 unspecified atom stereocenters. The molecule has 4 aromatic carbocycles. The molecule has 4 nitrogen and oxygen atoms in total. The maximum atomic E-state index is 6.40. The van der Waals surface area contributed by atoms with Gasteiger partial charge >= 0.3 is 0 Å². The molecule has 2 aromatic heterocycles. The maximum absolute atomic E-state index is 6.40. The fourth-order valence-electron chi connectivity index (χ4n) is 5.33. The number of fused-ring (bicyclic) bond motifs is 6. The summed E-state index contributed by atoms with van der Waals surface area (Å²) in [5.74, 6) is 1.09. The van der Waals surface area contributed by atoms with Gasteiger partial charge in [0.1, 0.15) is 11.2 Å². The SMILES string of the molecule is CC1(C)c2ccccc2-c2cc(-c3nc(Cl)nc(-c4ccc5oc6ccccc6c5c4)n3)ccc21. The minimum Gasteiger partial charge on any atom is -0.456 e. The Labute approximate surface area is 207 Å². The normalized spacial score (nSPS) is 13.8. The molecule has 1 aliphatic rings. The lowest BCUT2D eigenvalue weighted by Gasteiger charge is -2.21. The monoisotopic (exact) mass is 473 g/mol. The number of halogens is 1. The third kappa shape index (κ3) is 3.03. The molecule has 0 bridgehead atoms. The largest absolute Gasteiger partial charge is 0.456 e. The molecule has 0 saturated carbocycles. The highest BCUT2D eigenvalue weighted by molar-refractivity contribution is 6.28. The van der Waals surface area contributed by atoms with Gasteiger partial charge in [0.2, 0.25) is 5.28 Å². The van der Waals surface area contributed by atoms with E-state index >= 15 is 0 Å². The molecule has 0 radical (unpaired) electrons. The van der Waals surface area contributed by atoms with Crippen LogP contribution < -0.4 is 0 Å². The van der Waals surface area contributed by atoms with Gasteiger partial charge in [-0.05, 0) is 64.2 Å². The molecule has 0 aliphatic heterocycles. The molecule has 0 saturated heterocycles. The molecule has 0 atom stereocenters. The zero-order valence-electron chi connectivity index (χ0n) is 19.2. The fourth-order valence-corrected chi connectivity index (χ4v) is 5.49. The van der Waals surface area contributed by atoms with Gasteiger partial charge in [-0.1, -0.05) is 68.4 Å². The van der Waals surface area contributed by atoms with Crippen LogP contribution in [0, 0.1) is 0 Å². The average molecular weight is 474 g/mol. The molecule has 0 N–H and O–H groups in total. The van der Waals surface area contributed by atoms with E-state index < -0.39 is 0 Å². The molecule has 6 aromatic rings. The van der Waals surface area contributed by atoms with Gasteiger partial charge < -0.3 is 4.42 Å². The van der Waals surface area contributed by atoms with Crippen molar-refractivity contribution < 1.29 is 4.42 Å². The molecule has 0 fully saturated rings. The van der Waals surface area contributed by atoms with Crippen LogP contribution in [0.4, 0.5) is 0 Å². The maximum Gasteiger partial charge on any atom is 0.226 e. The summed E-state index contributed by atoms with van der Waals surface area (Å²) in [6.07, 6.45) is 0. The Morgan fingerprint density at radius 3 is 2.14 bits per heavy atom. The Kier molecular flexibility index (Phi) is 4.21. The van der Waals surface area contributed by atoms with Crippen LogP contribution in [-0.4, -0.2) is 15.0 Å². The third-order valence-electron chi connectivity index (χ3n) is 7.08. The van der Waals surface area contributed by atoms with Crippen molar-refractivity contribution in [3.8, 4) is 33.9 Å². The van der Waals surface area contributed by atoms with Crippen LogP contribution >= 0.6 is 11.6 Å². The Bertz CT molecular complexity index is 1800. The molecular weight excluding hydrogens is 454 g/mol. The Morgan fingerprint density at radius 1 is 0.629 bits per heavy atom. The van der Waals surface area contributed by atoms with Crippen molar-refractivity contribution in [1.82, 2.24) is 15.0 Å². The van der Waals surface area contributed by atoms with Gasteiger partial charge in [0.25, 0.3) is 0 Å². The smallest absolute Gasteiger partial charge is 0.226 e. The first-order valence-electron chi connectivity index (χ1n) is 11.6. The van der Waals surface area contributed by atoms with Crippen LogP contribution in [0.1, 0.15) is 25.0 Å². The number of nitrogens with zero attached hydrogens (tertiary/aromatic N) is 3. The van der Waals surface area contributed by atoms with Gasteiger partial charge in [-0.2, -0.15) is 9.97 Å². The number of hydrogen-bond donors (Lipinski definition) is 0. The Balaban J connectivity index is 1.37. The number of hydrogen-bond acceptors (Lipinski definition) is 4. The second-order valence-electron chi connectivity index (χ2n) is 9.49. The van der Waals surface area contributed by atoms with Gasteiger partial charge in [-0.25, -0.2) is 4.98 Å². The van der Waals surface area contributed by atoms with Crippen molar-refractivity contribution in [3.63, 3.8) is 0 Å². The first-order chi connectivity index (χ1) is 17.0. The van der Waals surface area contributed by atoms with Gasteiger partial charge in [0.05, 0.1) is 0 Å². The summed E-state index contributed by atoms with van der Waals surface area (Å²) in [4.78, 5) is 13.7. The van der Waals surface area contributed by atoms with Gasteiger partial charge in [0, 0.05) is 27.3 Å². The zero-order chi connectivity index (χ0) is 23.7. The van der Waals surface area contributed by atoms with Crippen molar-refractivity contribution in [3.05, 3.63) is 101 Å². The number of rotatable bonds is 2. The molecular formula is C30H20ClN3O. The highest BCUT2D eigenvalue weighted by Gasteiger charge is 2.35. The van der Waals surface area contributed by atoms with Crippen molar-refractivity contribution in [2.24, 2.45) is 0 Å². The summed E-state index contributed by atoms with van der Waals surface area (Å²) in [7, 11) is 0. The Hall–Kier alpha value is -4.02. The average Bonchev–Trinajstić information content (AvgIpc) is 3.36. The standard InChI is InChI=1S/C30H20ClN3O/c1-30(2)23-9-5-3-7-19(23)21-15-17(11-13-24(21)30)27-32-28(34-29(31)33-27)18-12-14-26-22(16-18)20-8-4-6-10-25(20)35-26/h3-16H,1-2H3. The van der Waals surface area contributed by atoms with Crippen molar-refractivity contribution in [2.45, 2.75) is 19.3 Å². The van der Waals surface area contributed by atoms with E-state index in [1.54, 1.807) is 0 Å². The van der Waals surface area contributed by atoms with Crippen molar-refractivity contribution >= 4 is 33.5 Å². The van der Waals surface area contributed by atoms with Crippen LogP contribution in [0.5, 0.6) is 0 Å². The lowest BCUT2D eigenvalue weighted by molar-refractivity contribution is 0.660. The quantitative estimate of drug-likeness (QED) is 0.255. The Morgan fingerprint density at radius 2 is 1.29 bits per heavy atom. The molecule has 1 aliphatic carbocycles. The predicted octanol–water partition coefficient (Wildman–Crippen LogP) is 8.06. The third-order valence-corrected chi connectivity index (χ3v) is 7.25. The minimum absolute atomic E-state index is 0.0465. The molecule has 0 spiro atoms. The van der Waals surface area contributed by atoms with E-state index in [0.29, 0.717) is 11.6 Å². The molecule has 2 heterocycles. The lowest BCUT2D eigenvalue weighted by atomic mass is 9.82. The van der Waals surface area contributed by atoms with Gasteiger partial charge in [0.15, 0.2) is 11.6 Å². The number of furan rings is 1. The second kappa shape index (κ2) is 7.24. The molecule has 0 amide bonds. The highest BCUT2D eigenvalue weighted by Crippen LogP contribution is 2.49. The van der Waals surface area contributed by atoms with E-state index in [9.17, 15) is 0 Å². The minimum atomic E-state index is -0.0465. The first kappa shape index (κ1) is 20.4. The van der Waals surface area contributed by atoms with Crippen LogP contribution in [0.25, 0.3) is 55.8 Å². The van der Waals surface area contributed by atoms with Crippen molar-refractivity contribution in [1.29, 1.82) is 0 Å². The topological polar surface area (TPSA) is 51.8 Å². The van der Waals surface area contributed by atoms with E-state index in [1.807, 2.05) is 30.3 Å². The molecule has 168 valence electrons. The zero-order valence-corrected chi connectivity index (χ0v) is 20.0. The van der Waals surface area contributed by atoms with Crippen LogP contribution in [0.3, 0.4) is 0 Å². The summed E-state index contributed by atoms with van der Waals surface area (Å²) in [6, 6.07) is 29.0. The lowest BCUT2D eigenvalue weighted by Crippen LogP contribution is -2.14. The molecule has 7 rings (SSSR count). The van der Waals surface area contributed by atoms with Crippen molar-refractivity contribution in [2.75, 3.05) is 0 Å². The number of para-hydroxylation sites is 1. The summed E-state index contributed by atoms with van der Waals surface area (Å²) >= 11 is 6.40. The molecule has 35 heavy (non-hydrogen) atoms.